The molecular formula is C39H39BN2OSi. The van der Waals surface area contributed by atoms with Crippen LogP contribution in [0.2, 0.25) is 0 Å². The fourth-order valence-corrected chi connectivity index (χ4v) is 7.83. The van der Waals surface area contributed by atoms with Gasteiger partial charge in [0, 0.05) is 12.4 Å². The molecule has 0 saturated carbocycles. The molecule has 0 aliphatic carbocycles. The molecule has 6 rings (SSSR count). The van der Waals surface area contributed by atoms with E-state index in [-0.39, 0.29) is 11.0 Å². The summed E-state index contributed by atoms with van der Waals surface area (Å²) in [5, 5.41) is 1.14. The summed E-state index contributed by atoms with van der Waals surface area (Å²) in [6.45, 7) is 2.96. The number of hydrogen-bond donors (Lipinski definition) is 0. The minimum Gasteiger partial charge on any atom is -0.494 e. The smallest absolute Gasteiger partial charge is 0.119 e. The Morgan fingerprint density at radius 2 is 1.20 bits per heavy atom. The molecule has 5 aromatic carbocycles. The number of ether oxygens (including phenoxy) is 1. The average molecular weight is 591 g/mol. The van der Waals surface area contributed by atoms with Crippen LogP contribution >= 0.6 is 0 Å². The van der Waals surface area contributed by atoms with Crippen molar-refractivity contribution in [3.63, 3.8) is 0 Å². The molecule has 0 aliphatic rings. The minimum atomic E-state index is -0.842. The van der Waals surface area contributed by atoms with Crippen LogP contribution in [0.5, 0.6) is 5.75 Å². The molecule has 2 radical (unpaired) electrons. The lowest BCUT2D eigenvalue weighted by atomic mass is 9.76. The molecule has 3 nitrogen and oxygen atoms in total. The maximum absolute atomic E-state index is 6.12. The van der Waals surface area contributed by atoms with Crippen molar-refractivity contribution in [2.45, 2.75) is 30.7 Å². The molecule has 6 aromatic rings. The zero-order valence-corrected chi connectivity index (χ0v) is 26.8. The zero-order chi connectivity index (χ0) is 30.5. The summed E-state index contributed by atoms with van der Waals surface area (Å²) in [5.74, 6) is 0.936. The minimum absolute atomic E-state index is 0.0163. The van der Waals surface area contributed by atoms with Crippen molar-refractivity contribution in [3.8, 4) is 5.75 Å². The van der Waals surface area contributed by atoms with Gasteiger partial charge in [0.15, 0.2) is 0 Å². The van der Waals surface area contributed by atoms with Crippen LogP contribution in [0.25, 0.3) is 0 Å². The van der Waals surface area contributed by atoms with Gasteiger partial charge in [0.05, 0.1) is 35.5 Å². The van der Waals surface area contributed by atoms with Gasteiger partial charge in [-0.15, -0.1) is 0 Å². The fourth-order valence-electron chi connectivity index (χ4n) is 5.52. The summed E-state index contributed by atoms with van der Waals surface area (Å²) in [5.41, 5.74) is 4.89. The highest BCUT2D eigenvalue weighted by Gasteiger charge is 2.36. The molecule has 1 aromatic heterocycles. The maximum Gasteiger partial charge on any atom is 0.119 e. The van der Waals surface area contributed by atoms with Crippen molar-refractivity contribution in [2.24, 2.45) is 0 Å². The summed E-state index contributed by atoms with van der Waals surface area (Å²) >= 11 is 0. The second kappa shape index (κ2) is 15.7. The Hall–Kier alpha value is -4.61. The van der Waals surface area contributed by atoms with Crippen LogP contribution in [0.1, 0.15) is 47.8 Å². The van der Waals surface area contributed by atoms with E-state index in [9.17, 15) is 0 Å². The van der Waals surface area contributed by atoms with Crippen molar-refractivity contribution >= 4 is 22.6 Å². The molecule has 0 N–H and O–H groups in total. The predicted octanol–water partition coefficient (Wildman–Crippen LogP) is 7.25. The number of rotatable bonds is 11. The average Bonchev–Trinajstić information content (AvgIpc) is 3.65. The number of benzene rings is 5. The van der Waals surface area contributed by atoms with Crippen molar-refractivity contribution < 1.29 is 4.74 Å². The normalized spacial score (nSPS) is 11.3. The summed E-state index contributed by atoms with van der Waals surface area (Å²) in [6, 6.07) is 50.6. The molecule has 0 aliphatic heterocycles. The van der Waals surface area contributed by atoms with Gasteiger partial charge >= 0.3 is 0 Å². The number of hydrogen-bond acceptors (Lipinski definition) is 2. The number of aromatic nitrogens is 2. The van der Waals surface area contributed by atoms with Gasteiger partial charge in [-0.2, -0.15) is 0 Å². The molecule has 0 saturated heterocycles. The van der Waals surface area contributed by atoms with Crippen molar-refractivity contribution in [1.29, 1.82) is 0 Å². The highest BCUT2D eigenvalue weighted by atomic mass is 28.2. The van der Waals surface area contributed by atoms with E-state index >= 15 is 0 Å². The van der Waals surface area contributed by atoms with Gasteiger partial charge in [-0.1, -0.05) is 152 Å². The molecule has 0 bridgehead atoms. The van der Waals surface area contributed by atoms with Gasteiger partial charge in [-0.3, -0.25) is 0 Å². The molecule has 0 fully saturated rings. The van der Waals surface area contributed by atoms with Gasteiger partial charge in [-0.05, 0) is 46.6 Å². The van der Waals surface area contributed by atoms with Crippen LogP contribution in [-0.4, -0.2) is 33.5 Å². The number of imidazole rings is 1. The summed E-state index contributed by atoms with van der Waals surface area (Å²) < 4.78 is 8.16. The number of nitrogens with zero attached hydrogens (tertiary/aromatic N) is 2. The van der Waals surface area contributed by atoms with E-state index in [0.717, 1.165) is 36.3 Å². The van der Waals surface area contributed by atoms with Crippen LogP contribution < -0.4 is 9.92 Å². The van der Waals surface area contributed by atoms with Crippen LogP contribution in [0.3, 0.4) is 0 Å². The third kappa shape index (κ3) is 7.66. The van der Waals surface area contributed by atoms with Crippen molar-refractivity contribution in [2.75, 3.05) is 6.61 Å². The lowest BCUT2D eigenvalue weighted by Gasteiger charge is -2.37. The molecule has 0 amide bonds. The van der Waals surface area contributed by atoms with Crippen molar-refractivity contribution in [1.82, 2.24) is 9.55 Å². The Morgan fingerprint density at radius 3 is 1.66 bits per heavy atom. The molecule has 0 spiro atoms. The SMILES string of the molecule is CCCCOc1ccc([SiH2]C(c2ccccc2)(c2ccccc2)n2ccnc2)cc1.[B]C(c1ccccc1)c1ccccc1. The Balaban J connectivity index is 0.000000229. The van der Waals surface area contributed by atoms with Gasteiger partial charge in [0.2, 0.25) is 0 Å². The molecule has 0 atom stereocenters. The van der Waals surface area contributed by atoms with Crippen LogP contribution in [0.15, 0.2) is 164 Å². The van der Waals surface area contributed by atoms with E-state index in [2.05, 4.69) is 132 Å². The van der Waals surface area contributed by atoms with E-state index in [4.69, 9.17) is 12.6 Å². The van der Waals surface area contributed by atoms with Crippen LogP contribution in [-0.2, 0) is 5.16 Å². The largest absolute Gasteiger partial charge is 0.494 e. The second-order valence-corrected chi connectivity index (χ2v) is 13.1. The predicted molar refractivity (Wildman–Crippen MR) is 187 cm³/mol. The van der Waals surface area contributed by atoms with E-state index < -0.39 is 9.52 Å². The Bertz CT molecular complexity index is 1550. The van der Waals surface area contributed by atoms with Gasteiger partial charge in [0.25, 0.3) is 0 Å². The van der Waals surface area contributed by atoms with Crippen LogP contribution in [0.4, 0.5) is 0 Å². The third-order valence-corrected chi connectivity index (χ3v) is 10.5. The third-order valence-electron chi connectivity index (χ3n) is 7.92. The second-order valence-electron chi connectivity index (χ2n) is 10.9. The van der Waals surface area contributed by atoms with Crippen molar-refractivity contribution in [3.05, 3.63) is 187 Å². The lowest BCUT2D eigenvalue weighted by molar-refractivity contribution is 0.309. The van der Waals surface area contributed by atoms with E-state index in [0.29, 0.717) is 0 Å². The highest BCUT2D eigenvalue weighted by molar-refractivity contribution is 6.57. The molecular weight excluding hydrogens is 551 g/mol. The van der Waals surface area contributed by atoms with Crippen LogP contribution in [0, 0.1) is 0 Å². The Kier molecular flexibility index (Phi) is 11.0. The van der Waals surface area contributed by atoms with E-state index in [1.165, 1.54) is 16.3 Å². The topological polar surface area (TPSA) is 27.1 Å². The molecule has 218 valence electrons. The summed E-state index contributed by atoms with van der Waals surface area (Å²) in [7, 11) is 5.27. The first-order valence-corrected chi connectivity index (χ1v) is 16.8. The Labute approximate surface area is 265 Å². The monoisotopic (exact) mass is 590 g/mol. The lowest BCUT2D eigenvalue weighted by Crippen LogP contribution is -2.46. The van der Waals surface area contributed by atoms with Gasteiger partial charge in [-0.25, -0.2) is 4.98 Å². The quantitative estimate of drug-likeness (QED) is 0.117. The maximum atomic E-state index is 6.12. The molecule has 0 unspecified atom stereocenters. The first kappa shape index (κ1) is 30.8. The first-order valence-electron chi connectivity index (χ1n) is 15.4. The molecule has 5 heteroatoms. The summed E-state index contributed by atoms with van der Waals surface area (Å²) in [6.07, 6.45) is 8.15. The zero-order valence-electron chi connectivity index (χ0n) is 25.4. The van der Waals surface area contributed by atoms with Gasteiger partial charge < -0.3 is 9.30 Å². The number of unbranched alkanes of at least 4 members (excludes halogenated alkanes) is 1. The highest BCUT2D eigenvalue weighted by Crippen LogP contribution is 2.33. The Morgan fingerprint density at radius 1 is 0.705 bits per heavy atom. The standard InChI is InChI=1S/C26H28N2OSi.C13H11B/c1-2-3-20-29-24-14-16-25(17-15-24)30-26(28-19-18-27-21-28,22-10-6-4-7-11-22)23-12-8-5-9-13-23;14-13(11-7-3-1-4-8-11)12-9-5-2-6-10-12/h4-19,21H,2-3,20,30H2,1H3;1-10,13H. The first-order chi connectivity index (χ1) is 21.7. The molecule has 44 heavy (non-hydrogen) atoms. The summed E-state index contributed by atoms with van der Waals surface area (Å²) in [4.78, 5) is 4.40. The van der Waals surface area contributed by atoms with E-state index in [1.54, 1.807) is 0 Å². The van der Waals surface area contributed by atoms with Gasteiger partial charge in [0.1, 0.15) is 5.75 Å². The molecule has 1 heterocycles. The van der Waals surface area contributed by atoms with E-state index in [1.807, 2.05) is 48.9 Å². The fraction of sp³-hybridized carbons (Fsp3) is 0.154.